The van der Waals surface area contributed by atoms with Crippen LogP contribution >= 0.6 is 11.6 Å². The molecular weight excluding hydrogens is 314 g/mol. The first-order valence-corrected chi connectivity index (χ1v) is 8.15. The number of benzene rings is 1. The molecule has 2 aromatic rings. The monoisotopic (exact) mass is 333 g/mol. The first-order valence-electron chi connectivity index (χ1n) is 7.77. The van der Waals surface area contributed by atoms with Crippen molar-refractivity contribution in [1.29, 1.82) is 0 Å². The normalized spacial score (nSPS) is 17.7. The summed E-state index contributed by atoms with van der Waals surface area (Å²) >= 11 is 6.16. The second-order valence-corrected chi connectivity index (χ2v) is 6.19. The SMILES string of the molecule is CNCC1CCN(C(=O)COc2ccc(Cl)c3cccnc23)C1. The van der Waals surface area contributed by atoms with E-state index in [4.69, 9.17) is 16.3 Å². The summed E-state index contributed by atoms with van der Waals surface area (Å²) in [4.78, 5) is 18.5. The summed E-state index contributed by atoms with van der Waals surface area (Å²) in [5, 5.41) is 4.62. The van der Waals surface area contributed by atoms with Crippen molar-refractivity contribution in [2.75, 3.05) is 33.3 Å². The molecule has 5 nitrogen and oxygen atoms in total. The van der Waals surface area contributed by atoms with Crippen molar-refractivity contribution in [3.63, 3.8) is 0 Å². The van der Waals surface area contributed by atoms with Crippen molar-refractivity contribution in [3.05, 3.63) is 35.5 Å². The Morgan fingerprint density at radius 3 is 3.17 bits per heavy atom. The van der Waals surface area contributed by atoms with E-state index in [-0.39, 0.29) is 12.5 Å². The number of hydrogen-bond acceptors (Lipinski definition) is 4. The van der Waals surface area contributed by atoms with Gasteiger partial charge in [-0.1, -0.05) is 11.6 Å². The molecule has 0 radical (unpaired) electrons. The number of aromatic nitrogens is 1. The van der Waals surface area contributed by atoms with E-state index in [2.05, 4.69) is 10.3 Å². The van der Waals surface area contributed by atoms with E-state index in [0.717, 1.165) is 31.4 Å². The van der Waals surface area contributed by atoms with Crippen LogP contribution in [-0.2, 0) is 4.79 Å². The van der Waals surface area contributed by atoms with Gasteiger partial charge in [0.05, 0.1) is 5.02 Å². The van der Waals surface area contributed by atoms with Crippen LogP contribution in [0.1, 0.15) is 6.42 Å². The molecule has 1 unspecified atom stereocenters. The van der Waals surface area contributed by atoms with Crippen LogP contribution in [0.2, 0.25) is 5.02 Å². The van der Waals surface area contributed by atoms with Crippen molar-refractivity contribution < 1.29 is 9.53 Å². The predicted octanol–water partition coefficient (Wildman–Crippen LogP) is 2.33. The highest BCUT2D eigenvalue weighted by Gasteiger charge is 2.25. The smallest absolute Gasteiger partial charge is 0.260 e. The highest BCUT2D eigenvalue weighted by Crippen LogP contribution is 2.29. The van der Waals surface area contributed by atoms with E-state index in [9.17, 15) is 4.79 Å². The molecule has 1 fully saturated rings. The van der Waals surface area contributed by atoms with Gasteiger partial charge >= 0.3 is 0 Å². The van der Waals surface area contributed by atoms with Crippen molar-refractivity contribution in [2.24, 2.45) is 5.92 Å². The zero-order valence-corrected chi connectivity index (χ0v) is 13.8. The number of amides is 1. The van der Waals surface area contributed by atoms with Crippen molar-refractivity contribution in [3.8, 4) is 5.75 Å². The largest absolute Gasteiger partial charge is 0.481 e. The molecule has 1 aromatic heterocycles. The van der Waals surface area contributed by atoms with Crippen molar-refractivity contribution in [1.82, 2.24) is 15.2 Å². The van der Waals surface area contributed by atoms with Crippen molar-refractivity contribution >= 4 is 28.4 Å². The molecule has 1 aromatic carbocycles. The lowest BCUT2D eigenvalue weighted by Gasteiger charge is -2.17. The molecule has 1 amide bonds. The summed E-state index contributed by atoms with van der Waals surface area (Å²) in [5.41, 5.74) is 0.683. The minimum atomic E-state index is 0.0163. The fourth-order valence-corrected chi connectivity index (χ4v) is 3.19. The highest BCUT2D eigenvalue weighted by molar-refractivity contribution is 6.35. The molecule has 1 atom stereocenters. The quantitative estimate of drug-likeness (QED) is 0.912. The number of halogens is 1. The van der Waals surface area contributed by atoms with Gasteiger partial charge in [-0.3, -0.25) is 9.78 Å². The van der Waals surface area contributed by atoms with Gasteiger partial charge in [0.1, 0.15) is 11.3 Å². The van der Waals surface area contributed by atoms with Crippen LogP contribution in [0.15, 0.2) is 30.5 Å². The number of fused-ring (bicyclic) bond motifs is 1. The lowest BCUT2D eigenvalue weighted by molar-refractivity contribution is -0.132. The molecular formula is C17H20ClN3O2. The van der Waals surface area contributed by atoms with Gasteiger partial charge in [-0.05, 0) is 50.2 Å². The molecule has 1 aliphatic heterocycles. The van der Waals surface area contributed by atoms with E-state index in [1.54, 1.807) is 18.3 Å². The number of nitrogens with one attached hydrogen (secondary N) is 1. The molecule has 23 heavy (non-hydrogen) atoms. The number of carbonyl (C=O) groups excluding carboxylic acids is 1. The average Bonchev–Trinajstić information content (AvgIpc) is 3.03. The van der Waals surface area contributed by atoms with E-state index in [1.807, 2.05) is 24.1 Å². The molecule has 1 saturated heterocycles. The summed E-state index contributed by atoms with van der Waals surface area (Å²) in [6.07, 6.45) is 2.73. The van der Waals surface area contributed by atoms with Crippen molar-refractivity contribution in [2.45, 2.75) is 6.42 Å². The Morgan fingerprint density at radius 2 is 2.35 bits per heavy atom. The van der Waals surface area contributed by atoms with Crippen LogP contribution in [0, 0.1) is 5.92 Å². The maximum absolute atomic E-state index is 12.3. The third kappa shape index (κ3) is 3.57. The van der Waals surface area contributed by atoms with Crippen LogP contribution in [-0.4, -0.2) is 49.1 Å². The summed E-state index contributed by atoms with van der Waals surface area (Å²) in [6.45, 7) is 2.56. The van der Waals surface area contributed by atoms with Crippen LogP contribution in [0.5, 0.6) is 5.75 Å². The number of rotatable bonds is 5. The molecule has 1 N–H and O–H groups in total. The van der Waals surface area contributed by atoms with Gasteiger partial charge in [0.2, 0.25) is 0 Å². The van der Waals surface area contributed by atoms with Crippen LogP contribution < -0.4 is 10.1 Å². The van der Waals surface area contributed by atoms with Gasteiger partial charge in [0.25, 0.3) is 5.91 Å². The Hall–Kier alpha value is -1.85. The lowest BCUT2D eigenvalue weighted by atomic mass is 10.1. The van der Waals surface area contributed by atoms with Crippen LogP contribution in [0.3, 0.4) is 0 Å². The van der Waals surface area contributed by atoms with Gasteiger partial charge in [0, 0.05) is 24.7 Å². The van der Waals surface area contributed by atoms with E-state index in [0.29, 0.717) is 22.2 Å². The maximum Gasteiger partial charge on any atom is 0.260 e. The molecule has 0 bridgehead atoms. The Kier molecular flexibility index (Phi) is 4.98. The standard InChI is InChI=1S/C17H20ClN3O2/c1-19-9-12-6-8-21(10-12)16(22)11-23-15-5-4-14(18)13-3-2-7-20-17(13)15/h2-5,7,12,19H,6,8-11H2,1H3. The number of ether oxygens (including phenoxy) is 1. The Morgan fingerprint density at radius 1 is 1.48 bits per heavy atom. The van der Waals surface area contributed by atoms with Gasteiger partial charge in [-0.15, -0.1) is 0 Å². The van der Waals surface area contributed by atoms with Gasteiger partial charge < -0.3 is 15.0 Å². The first-order chi connectivity index (χ1) is 11.2. The van der Waals surface area contributed by atoms with E-state index < -0.39 is 0 Å². The lowest BCUT2D eigenvalue weighted by Crippen LogP contribution is -2.34. The third-order valence-electron chi connectivity index (χ3n) is 4.16. The number of hydrogen-bond donors (Lipinski definition) is 1. The molecule has 0 spiro atoms. The maximum atomic E-state index is 12.3. The summed E-state index contributed by atoms with van der Waals surface area (Å²) < 4.78 is 5.72. The molecule has 2 heterocycles. The van der Waals surface area contributed by atoms with Gasteiger partial charge in [-0.25, -0.2) is 0 Å². The van der Waals surface area contributed by atoms with E-state index in [1.165, 1.54) is 0 Å². The topological polar surface area (TPSA) is 54.5 Å². The molecule has 3 rings (SSSR count). The molecule has 0 saturated carbocycles. The molecule has 6 heteroatoms. The molecule has 1 aliphatic rings. The second kappa shape index (κ2) is 7.15. The highest BCUT2D eigenvalue weighted by atomic mass is 35.5. The molecule has 0 aliphatic carbocycles. The van der Waals surface area contributed by atoms with E-state index >= 15 is 0 Å². The second-order valence-electron chi connectivity index (χ2n) is 5.79. The fraction of sp³-hybridized carbons (Fsp3) is 0.412. The Labute approximate surface area is 140 Å². The Balaban J connectivity index is 1.65. The number of carbonyl (C=O) groups is 1. The summed E-state index contributed by atoms with van der Waals surface area (Å²) in [6, 6.07) is 7.25. The molecule has 122 valence electrons. The first kappa shape index (κ1) is 16.0. The number of likely N-dealkylation sites (tertiary alicyclic amines) is 1. The number of pyridine rings is 1. The van der Waals surface area contributed by atoms with Gasteiger partial charge in [0.15, 0.2) is 6.61 Å². The average molecular weight is 334 g/mol. The zero-order chi connectivity index (χ0) is 16.2. The minimum Gasteiger partial charge on any atom is -0.481 e. The minimum absolute atomic E-state index is 0.0163. The number of nitrogens with zero attached hydrogens (tertiary/aromatic N) is 2. The van der Waals surface area contributed by atoms with Gasteiger partial charge in [-0.2, -0.15) is 0 Å². The predicted molar refractivity (Wildman–Crippen MR) is 90.9 cm³/mol. The zero-order valence-electron chi connectivity index (χ0n) is 13.1. The summed E-state index contributed by atoms with van der Waals surface area (Å²) in [7, 11) is 1.94. The fourth-order valence-electron chi connectivity index (χ4n) is 2.97. The summed E-state index contributed by atoms with van der Waals surface area (Å²) in [5.74, 6) is 1.13. The Bertz CT molecular complexity index is 707. The van der Waals surface area contributed by atoms with Crippen LogP contribution in [0.4, 0.5) is 0 Å². The third-order valence-corrected chi connectivity index (χ3v) is 4.49. The van der Waals surface area contributed by atoms with Crippen LogP contribution in [0.25, 0.3) is 10.9 Å².